The number of ether oxygens (including phenoxy) is 2. The molecule has 31 heavy (non-hydrogen) atoms. The standard InChI is InChI=1S/C24H33N5O2/c1-20-4-2-5-21(16-20)19-25-27-24-18-23(29-10-14-31-15-11-29)17-22(26-24)6-3-7-28-8-12-30-13-9-28/h2,4-5,16-19H,3,6-15H2,1H3,(H,26,27). The summed E-state index contributed by atoms with van der Waals surface area (Å²) in [6, 6.07) is 12.6. The van der Waals surface area contributed by atoms with Gasteiger partial charge in [0.2, 0.25) is 0 Å². The molecule has 3 heterocycles. The van der Waals surface area contributed by atoms with Crippen LogP contribution in [0.4, 0.5) is 11.5 Å². The van der Waals surface area contributed by atoms with Gasteiger partial charge in [0.1, 0.15) is 5.82 Å². The molecule has 2 aliphatic rings. The Balaban J connectivity index is 1.43. The van der Waals surface area contributed by atoms with Gasteiger partial charge >= 0.3 is 0 Å². The first-order valence-corrected chi connectivity index (χ1v) is 11.3. The van der Waals surface area contributed by atoms with E-state index >= 15 is 0 Å². The van der Waals surface area contributed by atoms with E-state index in [0.29, 0.717) is 0 Å². The second kappa shape index (κ2) is 11.2. The Bertz CT molecular complexity index is 861. The second-order valence-corrected chi connectivity index (χ2v) is 8.14. The molecule has 166 valence electrons. The zero-order chi connectivity index (χ0) is 21.3. The number of morpholine rings is 2. The van der Waals surface area contributed by atoms with Crippen LogP contribution in [0.25, 0.3) is 0 Å². The molecule has 0 atom stereocenters. The molecule has 1 aromatic carbocycles. The quantitative estimate of drug-likeness (QED) is 0.520. The first kappa shape index (κ1) is 21.7. The minimum absolute atomic E-state index is 0.767. The first-order valence-electron chi connectivity index (χ1n) is 11.3. The topological polar surface area (TPSA) is 62.2 Å². The highest BCUT2D eigenvalue weighted by molar-refractivity contribution is 5.80. The van der Waals surface area contributed by atoms with Crippen LogP contribution in [0.3, 0.4) is 0 Å². The van der Waals surface area contributed by atoms with Gasteiger partial charge < -0.3 is 14.4 Å². The highest BCUT2D eigenvalue weighted by Gasteiger charge is 2.14. The van der Waals surface area contributed by atoms with Gasteiger partial charge in [-0.2, -0.15) is 5.10 Å². The van der Waals surface area contributed by atoms with Crippen LogP contribution in [0.2, 0.25) is 0 Å². The zero-order valence-electron chi connectivity index (χ0n) is 18.4. The van der Waals surface area contributed by atoms with E-state index in [9.17, 15) is 0 Å². The Morgan fingerprint density at radius 2 is 1.81 bits per heavy atom. The molecule has 2 aliphatic heterocycles. The van der Waals surface area contributed by atoms with E-state index in [1.54, 1.807) is 0 Å². The van der Waals surface area contributed by atoms with Crippen molar-refractivity contribution in [3.63, 3.8) is 0 Å². The number of pyridine rings is 1. The Hall–Kier alpha value is -2.48. The molecule has 1 N–H and O–H groups in total. The van der Waals surface area contributed by atoms with E-state index < -0.39 is 0 Å². The monoisotopic (exact) mass is 423 g/mol. The van der Waals surface area contributed by atoms with Crippen molar-refractivity contribution in [3.05, 3.63) is 53.2 Å². The van der Waals surface area contributed by atoms with Crippen LogP contribution in [0.15, 0.2) is 41.5 Å². The number of aryl methyl sites for hydroxylation is 2. The molecule has 0 spiro atoms. The number of nitrogens with zero attached hydrogens (tertiary/aromatic N) is 4. The fourth-order valence-corrected chi connectivity index (χ4v) is 3.99. The Kier molecular flexibility index (Phi) is 7.87. The van der Waals surface area contributed by atoms with Crippen molar-refractivity contribution < 1.29 is 9.47 Å². The molecule has 2 aromatic rings. The maximum Gasteiger partial charge on any atom is 0.148 e. The summed E-state index contributed by atoms with van der Waals surface area (Å²) in [5.74, 6) is 0.786. The molecule has 7 nitrogen and oxygen atoms in total. The SMILES string of the molecule is Cc1cccc(C=NNc2cc(N3CCOCC3)cc(CCCN3CCOCC3)n2)c1. The van der Waals surface area contributed by atoms with Gasteiger partial charge in [-0.1, -0.05) is 29.8 Å². The summed E-state index contributed by atoms with van der Waals surface area (Å²) in [5.41, 5.74) is 7.73. The van der Waals surface area contributed by atoms with Gasteiger partial charge in [-0.25, -0.2) is 4.98 Å². The average molecular weight is 424 g/mol. The molecular formula is C24H33N5O2. The van der Waals surface area contributed by atoms with Crippen molar-refractivity contribution in [2.24, 2.45) is 5.10 Å². The summed E-state index contributed by atoms with van der Waals surface area (Å²) in [6.45, 7) is 10.3. The van der Waals surface area contributed by atoms with E-state index in [0.717, 1.165) is 89.1 Å². The molecule has 2 saturated heterocycles. The van der Waals surface area contributed by atoms with Gasteiger partial charge in [0.15, 0.2) is 0 Å². The Labute approximate surface area is 185 Å². The zero-order valence-corrected chi connectivity index (χ0v) is 18.4. The molecule has 0 bridgehead atoms. The molecule has 0 amide bonds. The highest BCUT2D eigenvalue weighted by Crippen LogP contribution is 2.22. The van der Waals surface area contributed by atoms with Crippen molar-refractivity contribution in [1.82, 2.24) is 9.88 Å². The number of hydrazone groups is 1. The van der Waals surface area contributed by atoms with Crippen LogP contribution >= 0.6 is 0 Å². The highest BCUT2D eigenvalue weighted by atomic mass is 16.5. The van der Waals surface area contributed by atoms with E-state index in [-0.39, 0.29) is 0 Å². The fraction of sp³-hybridized carbons (Fsp3) is 0.500. The van der Waals surface area contributed by atoms with Crippen molar-refractivity contribution in [2.45, 2.75) is 19.8 Å². The van der Waals surface area contributed by atoms with Crippen LogP contribution in [-0.4, -0.2) is 75.2 Å². The molecule has 0 aliphatic carbocycles. The van der Waals surface area contributed by atoms with Crippen molar-refractivity contribution in [3.8, 4) is 0 Å². The number of anilines is 2. The van der Waals surface area contributed by atoms with Gasteiger partial charge in [0.25, 0.3) is 0 Å². The maximum absolute atomic E-state index is 5.53. The van der Waals surface area contributed by atoms with Gasteiger partial charge in [-0.15, -0.1) is 0 Å². The number of hydrogen-bond acceptors (Lipinski definition) is 7. The van der Waals surface area contributed by atoms with Crippen LogP contribution in [0.1, 0.15) is 23.2 Å². The molecule has 0 unspecified atom stereocenters. The predicted molar refractivity (Wildman–Crippen MR) is 125 cm³/mol. The molecule has 1 aromatic heterocycles. The first-order chi connectivity index (χ1) is 15.3. The smallest absolute Gasteiger partial charge is 0.148 e. The number of aromatic nitrogens is 1. The van der Waals surface area contributed by atoms with Crippen molar-refractivity contribution >= 4 is 17.7 Å². The summed E-state index contributed by atoms with van der Waals surface area (Å²) < 4.78 is 11.0. The van der Waals surface area contributed by atoms with Crippen LogP contribution in [-0.2, 0) is 15.9 Å². The van der Waals surface area contributed by atoms with Crippen LogP contribution in [0, 0.1) is 6.92 Å². The fourth-order valence-electron chi connectivity index (χ4n) is 3.99. The molecule has 0 saturated carbocycles. The Morgan fingerprint density at radius 1 is 1.03 bits per heavy atom. The maximum atomic E-state index is 5.53. The number of benzene rings is 1. The van der Waals surface area contributed by atoms with Crippen LogP contribution < -0.4 is 10.3 Å². The summed E-state index contributed by atoms with van der Waals surface area (Å²) in [4.78, 5) is 9.67. The minimum Gasteiger partial charge on any atom is -0.379 e. The van der Waals surface area contributed by atoms with Crippen molar-refractivity contribution in [2.75, 3.05) is 69.5 Å². The lowest BCUT2D eigenvalue weighted by atomic mass is 10.1. The Morgan fingerprint density at radius 3 is 2.58 bits per heavy atom. The number of hydrogen-bond donors (Lipinski definition) is 1. The van der Waals surface area contributed by atoms with E-state index in [1.165, 1.54) is 11.3 Å². The molecule has 2 fully saturated rings. The summed E-state index contributed by atoms with van der Waals surface area (Å²) >= 11 is 0. The third kappa shape index (κ3) is 6.75. The third-order valence-electron chi connectivity index (χ3n) is 5.69. The second-order valence-electron chi connectivity index (χ2n) is 8.14. The lowest BCUT2D eigenvalue weighted by molar-refractivity contribution is 0.0374. The summed E-state index contributed by atoms with van der Waals surface area (Å²) in [5, 5.41) is 4.43. The third-order valence-corrected chi connectivity index (χ3v) is 5.69. The molecule has 7 heteroatoms. The number of rotatable bonds is 8. The van der Waals surface area contributed by atoms with Gasteiger partial charge in [0.05, 0.1) is 32.6 Å². The largest absolute Gasteiger partial charge is 0.379 e. The number of nitrogens with one attached hydrogen (secondary N) is 1. The average Bonchev–Trinajstić information content (AvgIpc) is 2.80. The summed E-state index contributed by atoms with van der Waals surface area (Å²) in [6.07, 6.45) is 3.88. The lowest BCUT2D eigenvalue weighted by Gasteiger charge is -2.29. The van der Waals surface area contributed by atoms with Crippen molar-refractivity contribution in [1.29, 1.82) is 0 Å². The van der Waals surface area contributed by atoms with E-state index in [2.05, 4.69) is 51.5 Å². The van der Waals surface area contributed by atoms with Gasteiger partial charge in [0, 0.05) is 43.6 Å². The van der Waals surface area contributed by atoms with E-state index in [1.807, 2.05) is 18.3 Å². The lowest BCUT2D eigenvalue weighted by Crippen LogP contribution is -2.37. The molecular weight excluding hydrogens is 390 g/mol. The molecule has 4 rings (SSSR count). The predicted octanol–water partition coefficient (Wildman–Crippen LogP) is 2.94. The van der Waals surface area contributed by atoms with Gasteiger partial charge in [-0.05, 0) is 37.9 Å². The van der Waals surface area contributed by atoms with E-state index in [4.69, 9.17) is 14.5 Å². The minimum atomic E-state index is 0.767. The summed E-state index contributed by atoms with van der Waals surface area (Å²) in [7, 11) is 0. The normalized spacial score (nSPS) is 17.9. The molecule has 0 radical (unpaired) electrons. The van der Waals surface area contributed by atoms with Gasteiger partial charge in [-0.3, -0.25) is 10.3 Å². The van der Waals surface area contributed by atoms with Crippen LogP contribution in [0.5, 0.6) is 0 Å².